The molecular weight excluding hydrogens is 352 g/mol. The number of benzene rings is 1. The van der Waals surface area contributed by atoms with E-state index in [1.54, 1.807) is 27.7 Å². The molecule has 1 aliphatic rings. The van der Waals surface area contributed by atoms with Gasteiger partial charge in [0, 0.05) is 13.1 Å². The third-order valence-corrected chi connectivity index (χ3v) is 8.08. The molecule has 0 saturated carbocycles. The van der Waals surface area contributed by atoms with E-state index in [-0.39, 0.29) is 16.3 Å². The van der Waals surface area contributed by atoms with E-state index in [0.717, 1.165) is 4.31 Å². The summed E-state index contributed by atoms with van der Waals surface area (Å²) in [6.07, 6.45) is 0. The van der Waals surface area contributed by atoms with E-state index in [0.29, 0.717) is 13.1 Å². The number of carbonyl (C=O) groups excluding carboxylic acids is 1. The highest BCUT2D eigenvalue weighted by molar-refractivity contribution is 7.94. The maximum Gasteiger partial charge on any atom is 0.247 e. The van der Waals surface area contributed by atoms with Crippen molar-refractivity contribution in [2.75, 3.05) is 23.1 Å². The summed E-state index contributed by atoms with van der Waals surface area (Å²) in [5.41, 5.74) is -0.839. The largest absolute Gasteiger partial charge is 0.273 e. The van der Waals surface area contributed by atoms with Crippen LogP contribution in [0.4, 0.5) is 5.69 Å². The number of rotatable bonds is 5. The fraction of sp³-hybridized carbons (Fsp3) is 0.533. The van der Waals surface area contributed by atoms with E-state index in [9.17, 15) is 21.6 Å². The number of amides is 1. The minimum Gasteiger partial charge on any atom is -0.273 e. The molecule has 1 aliphatic heterocycles. The van der Waals surface area contributed by atoms with Crippen LogP contribution in [0.2, 0.25) is 0 Å². The van der Waals surface area contributed by atoms with Crippen LogP contribution in [-0.2, 0) is 24.8 Å². The first kappa shape index (κ1) is 18.9. The molecule has 24 heavy (non-hydrogen) atoms. The Bertz CT molecular complexity index is 838. The molecule has 1 saturated heterocycles. The normalized spacial score (nSPS) is 19.9. The molecule has 1 aromatic rings. The lowest BCUT2D eigenvalue weighted by Gasteiger charge is -2.20. The zero-order valence-corrected chi connectivity index (χ0v) is 15.8. The summed E-state index contributed by atoms with van der Waals surface area (Å²) in [6.45, 7) is 7.32. The standard InChI is InChI=1S/C15H22N2O5S2/c1-5-16(6-2)24(21,22)13-9-7-12(8-10-13)17-14(18)15(3,4)11-23(17,19)20/h7-10H,5-6,11H2,1-4H3. The number of anilines is 1. The first-order chi connectivity index (χ1) is 11.0. The van der Waals surface area contributed by atoms with Crippen molar-refractivity contribution in [3.8, 4) is 0 Å². The summed E-state index contributed by atoms with van der Waals surface area (Å²) >= 11 is 0. The van der Waals surface area contributed by atoms with Crippen LogP contribution >= 0.6 is 0 Å². The molecule has 0 bridgehead atoms. The van der Waals surface area contributed by atoms with Gasteiger partial charge in [-0.25, -0.2) is 21.1 Å². The molecule has 2 rings (SSSR count). The van der Waals surface area contributed by atoms with Crippen molar-refractivity contribution in [2.24, 2.45) is 5.41 Å². The molecule has 134 valence electrons. The van der Waals surface area contributed by atoms with Crippen molar-refractivity contribution < 1.29 is 21.6 Å². The number of hydrogen-bond donors (Lipinski definition) is 0. The van der Waals surface area contributed by atoms with E-state index in [1.165, 1.54) is 28.6 Å². The number of nitrogens with zero attached hydrogens (tertiary/aromatic N) is 2. The minimum absolute atomic E-state index is 0.0678. The molecule has 0 unspecified atom stereocenters. The molecule has 0 N–H and O–H groups in total. The molecule has 1 heterocycles. The van der Waals surface area contributed by atoms with E-state index >= 15 is 0 Å². The summed E-state index contributed by atoms with van der Waals surface area (Å²) in [4.78, 5) is 12.4. The van der Waals surface area contributed by atoms with Gasteiger partial charge in [0.1, 0.15) is 0 Å². The SMILES string of the molecule is CCN(CC)S(=O)(=O)c1ccc(N2C(=O)C(C)(C)CS2(=O)=O)cc1. The van der Waals surface area contributed by atoms with Gasteiger partial charge in [0.25, 0.3) is 0 Å². The Morgan fingerprint density at radius 1 is 1.12 bits per heavy atom. The molecule has 0 aromatic heterocycles. The number of sulfonamides is 2. The summed E-state index contributed by atoms with van der Waals surface area (Å²) in [5, 5.41) is 0. The maximum atomic E-state index is 12.4. The summed E-state index contributed by atoms with van der Waals surface area (Å²) in [5.74, 6) is -0.778. The summed E-state index contributed by atoms with van der Waals surface area (Å²) in [6, 6.07) is 5.37. The highest BCUT2D eigenvalue weighted by Crippen LogP contribution is 2.36. The Hall–Kier alpha value is -1.45. The Morgan fingerprint density at radius 2 is 1.62 bits per heavy atom. The van der Waals surface area contributed by atoms with E-state index in [2.05, 4.69) is 0 Å². The molecule has 0 atom stereocenters. The fourth-order valence-corrected chi connectivity index (χ4v) is 6.29. The van der Waals surface area contributed by atoms with Gasteiger partial charge in [0.2, 0.25) is 26.0 Å². The third-order valence-electron chi connectivity index (χ3n) is 4.00. The van der Waals surface area contributed by atoms with Crippen molar-refractivity contribution in [3.05, 3.63) is 24.3 Å². The van der Waals surface area contributed by atoms with Crippen LogP contribution in [-0.4, -0.2) is 45.9 Å². The average Bonchev–Trinajstić information content (AvgIpc) is 2.63. The van der Waals surface area contributed by atoms with E-state index in [4.69, 9.17) is 0 Å². The highest BCUT2D eigenvalue weighted by Gasteiger charge is 2.49. The lowest BCUT2D eigenvalue weighted by Crippen LogP contribution is -2.33. The molecule has 1 amide bonds. The van der Waals surface area contributed by atoms with Crippen LogP contribution in [0.15, 0.2) is 29.2 Å². The molecule has 9 heteroatoms. The Morgan fingerprint density at radius 3 is 2.00 bits per heavy atom. The Kier molecular flexibility index (Phi) is 4.82. The Balaban J connectivity index is 2.43. The van der Waals surface area contributed by atoms with Gasteiger partial charge in [-0.05, 0) is 38.1 Å². The molecule has 1 aromatic carbocycles. The fourth-order valence-electron chi connectivity index (χ4n) is 2.73. The predicted molar refractivity (Wildman–Crippen MR) is 91.6 cm³/mol. The van der Waals surface area contributed by atoms with Crippen LogP contribution in [0.3, 0.4) is 0 Å². The van der Waals surface area contributed by atoms with Crippen molar-refractivity contribution in [1.29, 1.82) is 0 Å². The smallest absolute Gasteiger partial charge is 0.247 e. The second-order valence-corrected chi connectivity index (χ2v) is 10.0. The first-order valence-corrected chi connectivity index (χ1v) is 10.7. The minimum atomic E-state index is -3.75. The third kappa shape index (κ3) is 3.07. The van der Waals surface area contributed by atoms with Crippen molar-refractivity contribution in [2.45, 2.75) is 32.6 Å². The molecule has 0 radical (unpaired) electrons. The molecule has 0 spiro atoms. The second kappa shape index (κ2) is 6.12. The molecular formula is C15H22N2O5S2. The zero-order valence-electron chi connectivity index (χ0n) is 14.2. The van der Waals surface area contributed by atoms with Gasteiger partial charge in [0.05, 0.1) is 21.8 Å². The van der Waals surface area contributed by atoms with Gasteiger partial charge in [-0.2, -0.15) is 4.31 Å². The van der Waals surface area contributed by atoms with Crippen molar-refractivity contribution in [1.82, 2.24) is 4.31 Å². The number of hydrogen-bond acceptors (Lipinski definition) is 5. The monoisotopic (exact) mass is 374 g/mol. The van der Waals surface area contributed by atoms with E-state index in [1.807, 2.05) is 0 Å². The van der Waals surface area contributed by atoms with Gasteiger partial charge in [0.15, 0.2) is 0 Å². The predicted octanol–water partition coefficient (Wildman–Crippen LogP) is 1.42. The van der Waals surface area contributed by atoms with Crippen LogP contribution in [0, 0.1) is 5.41 Å². The van der Waals surface area contributed by atoms with Crippen LogP contribution < -0.4 is 4.31 Å². The second-order valence-electron chi connectivity index (χ2n) is 6.29. The quantitative estimate of drug-likeness (QED) is 0.777. The van der Waals surface area contributed by atoms with Crippen molar-refractivity contribution >= 4 is 31.6 Å². The lowest BCUT2D eigenvalue weighted by molar-refractivity contribution is -0.123. The average molecular weight is 374 g/mol. The van der Waals surface area contributed by atoms with Crippen molar-refractivity contribution in [3.63, 3.8) is 0 Å². The topological polar surface area (TPSA) is 91.8 Å². The zero-order chi connectivity index (χ0) is 18.3. The molecule has 0 aliphatic carbocycles. The number of carbonyl (C=O) groups is 1. The highest BCUT2D eigenvalue weighted by atomic mass is 32.2. The Labute approximate surface area is 143 Å². The van der Waals surface area contributed by atoms with Crippen LogP contribution in [0.25, 0.3) is 0 Å². The van der Waals surface area contributed by atoms with E-state index < -0.39 is 31.4 Å². The first-order valence-electron chi connectivity index (χ1n) is 7.65. The molecule has 7 nitrogen and oxygen atoms in total. The van der Waals surface area contributed by atoms with Crippen LogP contribution in [0.1, 0.15) is 27.7 Å². The lowest BCUT2D eigenvalue weighted by atomic mass is 9.95. The van der Waals surface area contributed by atoms with Gasteiger partial charge < -0.3 is 0 Å². The van der Waals surface area contributed by atoms with Crippen LogP contribution in [0.5, 0.6) is 0 Å². The van der Waals surface area contributed by atoms with Gasteiger partial charge in [-0.3, -0.25) is 4.79 Å². The van der Waals surface area contributed by atoms with Gasteiger partial charge in [-0.15, -0.1) is 0 Å². The summed E-state index contributed by atoms with van der Waals surface area (Å²) in [7, 11) is -7.37. The maximum absolute atomic E-state index is 12.4. The summed E-state index contributed by atoms with van der Waals surface area (Å²) < 4.78 is 51.5. The van der Waals surface area contributed by atoms with Gasteiger partial charge >= 0.3 is 0 Å². The van der Waals surface area contributed by atoms with Gasteiger partial charge in [-0.1, -0.05) is 13.8 Å². The molecule has 1 fully saturated rings.